The predicted octanol–water partition coefficient (Wildman–Crippen LogP) is 4.87. The highest BCUT2D eigenvalue weighted by Crippen LogP contribution is 2.29. The van der Waals surface area contributed by atoms with Gasteiger partial charge in [-0.15, -0.1) is 13.2 Å². The number of fused-ring (bicyclic) bond motifs is 1. The lowest BCUT2D eigenvalue weighted by Crippen LogP contribution is -2.40. The quantitative estimate of drug-likeness (QED) is 0.654. The van der Waals surface area contributed by atoms with E-state index in [1.165, 1.54) is 18.2 Å². The van der Waals surface area contributed by atoms with E-state index in [-0.39, 0.29) is 23.4 Å². The van der Waals surface area contributed by atoms with E-state index in [0.29, 0.717) is 13.1 Å². The minimum atomic E-state index is -4.78. The van der Waals surface area contributed by atoms with Crippen LogP contribution in [0.25, 0.3) is 11.0 Å². The van der Waals surface area contributed by atoms with Gasteiger partial charge >= 0.3 is 12.4 Å². The number of carbonyl (C=O) groups excluding carboxylic acids is 1. The van der Waals surface area contributed by atoms with Gasteiger partial charge in [-0.25, -0.2) is 9.78 Å². The molecule has 1 aliphatic heterocycles. The summed E-state index contributed by atoms with van der Waals surface area (Å²) in [5, 5.41) is 2.63. The van der Waals surface area contributed by atoms with Gasteiger partial charge in [0.2, 0.25) is 0 Å². The molecule has 0 radical (unpaired) electrons. The van der Waals surface area contributed by atoms with Crippen molar-refractivity contribution in [2.24, 2.45) is 0 Å². The van der Waals surface area contributed by atoms with Crippen molar-refractivity contribution in [3.8, 4) is 5.75 Å². The minimum absolute atomic E-state index is 0.231. The van der Waals surface area contributed by atoms with Crippen LogP contribution in [0.2, 0.25) is 0 Å². The number of aromatic amines is 1. The molecule has 0 spiro atoms. The van der Waals surface area contributed by atoms with Gasteiger partial charge in [0.25, 0.3) is 0 Å². The minimum Gasteiger partial charge on any atom is -0.406 e. The number of hydrogen-bond acceptors (Lipinski definition) is 3. The fraction of sp³-hybridized carbons (Fsp3) is 0.300. The van der Waals surface area contributed by atoms with E-state index >= 15 is 0 Å². The lowest BCUT2D eigenvalue weighted by Gasteiger charge is -2.31. The molecule has 2 heterocycles. The molecule has 2 amide bonds. The van der Waals surface area contributed by atoms with Gasteiger partial charge < -0.3 is 19.9 Å². The van der Waals surface area contributed by atoms with Crippen molar-refractivity contribution in [1.82, 2.24) is 14.9 Å². The van der Waals surface area contributed by atoms with Gasteiger partial charge in [0.15, 0.2) is 0 Å². The first-order valence-corrected chi connectivity index (χ1v) is 9.24. The summed E-state index contributed by atoms with van der Waals surface area (Å²) in [7, 11) is 0. The number of piperidine rings is 1. The van der Waals surface area contributed by atoms with Crippen molar-refractivity contribution in [3.05, 3.63) is 54.4 Å². The van der Waals surface area contributed by atoms with Gasteiger partial charge in [-0.3, -0.25) is 0 Å². The third kappa shape index (κ3) is 4.61. The summed E-state index contributed by atoms with van der Waals surface area (Å²) >= 11 is 0. The van der Waals surface area contributed by atoms with Gasteiger partial charge in [0.05, 0.1) is 11.0 Å². The monoisotopic (exact) mass is 404 g/mol. The average Bonchev–Trinajstić information content (AvgIpc) is 3.11. The molecule has 0 saturated carbocycles. The van der Waals surface area contributed by atoms with Crippen LogP contribution >= 0.6 is 0 Å². The zero-order valence-corrected chi connectivity index (χ0v) is 15.4. The Morgan fingerprint density at radius 2 is 1.90 bits per heavy atom. The third-order valence-electron chi connectivity index (χ3n) is 4.90. The van der Waals surface area contributed by atoms with Crippen LogP contribution in [0.1, 0.15) is 24.6 Å². The standard InChI is InChI=1S/C20H19F3N4O2/c21-20(22,23)29-15-5-3-4-14(12-15)24-19(28)27-10-8-13(9-11-27)18-25-16-6-1-2-7-17(16)26-18/h1-7,12-13H,8-11H2,(H,24,28)(H,25,26). The van der Waals surface area contributed by atoms with Crippen LogP contribution in [0.4, 0.5) is 23.7 Å². The first-order valence-electron chi connectivity index (χ1n) is 9.24. The first kappa shape index (κ1) is 19.1. The average molecular weight is 404 g/mol. The SMILES string of the molecule is O=C(Nc1cccc(OC(F)(F)F)c1)N1CCC(c2nc3ccccc3[nH]2)CC1. The lowest BCUT2D eigenvalue weighted by atomic mass is 9.96. The number of hydrogen-bond donors (Lipinski definition) is 2. The number of amides is 2. The summed E-state index contributed by atoms with van der Waals surface area (Å²) in [6.45, 7) is 1.07. The van der Waals surface area contributed by atoms with E-state index in [0.717, 1.165) is 35.8 Å². The molecule has 0 unspecified atom stereocenters. The van der Waals surface area contributed by atoms with Crippen molar-refractivity contribution in [2.75, 3.05) is 18.4 Å². The molecule has 2 aromatic carbocycles. The van der Waals surface area contributed by atoms with E-state index in [9.17, 15) is 18.0 Å². The maximum Gasteiger partial charge on any atom is 0.573 e. The molecule has 3 aromatic rings. The highest BCUT2D eigenvalue weighted by Gasteiger charge is 2.31. The number of para-hydroxylation sites is 2. The van der Waals surface area contributed by atoms with Crippen molar-refractivity contribution < 1.29 is 22.7 Å². The van der Waals surface area contributed by atoms with E-state index < -0.39 is 6.36 Å². The number of nitrogens with zero attached hydrogens (tertiary/aromatic N) is 2. The molecule has 1 aliphatic rings. The summed E-state index contributed by atoms with van der Waals surface area (Å²) in [6, 6.07) is 12.7. The van der Waals surface area contributed by atoms with Crippen molar-refractivity contribution in [3.63, 3.8) is 0 Å². The largest absolute Gasteiger partial charge is 0.573 e. The first-order chi connectivity index (χ1) is 13.9. The maximum absolute atomic E-state index is 12.5. The Bertz CT molecular complexity index is 977. The molecule has 1 saturated heterocycles. The Morgan fingerprint density at radius 1 is 1.14 bits per heavy atom. The van der Waals surface area contributed by atoms with Crippen molar-refractivity contribution in [2.45, 2.75) is 25.1 Å². The molecule has 2 N–H and O–H groups in total. The highest BCUT2D eigenvalue weighted by atomic mass is 19.4. The summed E-state index contributed by atoms with van der Waals surface area (Å²) in [5.74, 6) is 0.775. The van der Waals surface area contributed by atoms with E-state index in [1.54, 1.807) is 4.90 Å². The molecule has 0 aliphatic carbocycles. The molecule has 1 fully saturated rings. The molecule has 0 atom stereocenters. The van der Waals surface area contributed by atoms with Crippen LogP contribution < -0.4 is 10.1 Å². The summed E-state index contributed by atoms with van der Waals surface area (Å²) in [4.78, 5) is 22.1. The molecular formula is C20H19F3N4O2. The fourth-order valence-corrected chi connectivity index (χ4v) is 3.50. The maximum atomic E-state index is 12.5. The second-order valence-corrected chi connectivity index (χ2v) is 6.91. The van der Waals surface area contributed by atoms with Gasteiger partial charge in [-0.1, -0.05) is 18.2 Å². The van der Waals surface area contributed by atoms with E-state index in [2.05, 4.69) is 20.0 Å². The number of benzene rings is 2. The predicted molar refractivity (Wildman–Crippen MR) is 102 cm³/mol. The summed E-state index contributed by atoms with van der Waals surface area (Å²) in [5.41, 5.74) is 2.16. The fourth-order valence-electron chi connectivity index (χ4n) is 3.50. The summed E-state index contributed by atoms with van der Waals surface area (Å²) in [6.07, 6.45) is -3.27. The molecule has 6 nitrogen and oxygen atoms in total. The molecule has 152 valence electrons. The zero-order chi connectivity index (χ0) is 20.4. The normalized spacial score (nSPS) is 15.5. The number of H-pyrrole nitrogens is 1. The molecule has 1 aromatic heterocycles. The second kappa shape index (κ2) is 7.65. The van der Waals surface area contributed by atoms with Gasteiger partial charge in [-0.05, 0) is 37.1 Å². The van der Waals surface area contributed by atoms with Crippen LogP contribution in [-0.2, 0) is 0 Å². The number of urea groups is 1. The van der Waals surface area contributed by atoms with Crippen molar-refractivity contribution in [1.29, 1.82) is 0 Å². The van der Waals surface area contributed by atoms with E-state index in [4.69, 9.17) is 0 Å². The molecular weight excluding hydrogens is 385 g/mol. The second-order valence-electron chi connectivity index (χ2n) is 6.91. The van der Waals surface area contributed by atoms with Gasteiger partial charge in [-0.2, -0.15) is 0 Å². The molecule has 9 heteroatoms. The molecule has 4 rings (SSSR count). The van der Waals surface area contributed by atoms with E-state index in [1.807, 2.05) is 24.3 Å². The Morgan fingerprint density at radius 3 is 2.62 bits per heavy atom. The Balaban J connectivity index is 1.35. The van der Waals surface area contributed by atoms with Crippen LogP contribution in [0.3, 0.4) is 0 Å². The number of anilines is 1. The molecule has 0 bridgehead atoms. The van der Waals surface area contributed by atoms with Crippen LogP contribution in [0.15, 0.2) is 48.5 Å². The number of halogens is 3. The number of ether oxygens (including phenoxy) is 1. The summed E-state index contributed by atoms with van der Waals surface area (Å²) < 4.78 is 40.9. The number of aromatic nitrogens is 2. The number of likely N-dealkylation sites (tertiary alicyclic amines) is 1. The van der Waals surface area contributed by atoms with Gasteiger partial charge in [0.1, 0.15) is 11.6 Å². The highest BCUT2D eigenvalue weighted by molar-refractivity contribution is 5.89. The topological polar surface area (TPSA) is 70.2 Å². The Hall–Kier alpha value is -3.23. The lowest BCUT2D eigenvalue weighted by molar-refractivity contribution is -0.274. The number of carbonyl (C=O) groups is 1. The van der Waals surface area contributed by atoms with Gasteiger partial charge in [0, 0.05) is 30.8 Å². The number of rotatable bonds is 3. The van der Waals surface area contributed by atoms with Crippen LogP contribution in [0.5, 0.6) is 5.75 Å². The Labute approximate surface area is 164 Å². The number of imidazole rings is 1. The zero-order valence-electron chi connectivity index (χ0n) is 15.4. The smallest absolute Gasteiger partial charge is 0.406 e. The van der Waals surface area contributed by atoms with Crippen LogP contribution in [0, 0.1) is 0 Å². The Kier molecular flexibility index (Phi) is 5.04. The third-order valence-corrected chi connectivity index (χ3v) is 4.90. The molecule has 29 heavy (non-hydrogen) atoms. The van der Waals surface area contributed by atoms with Crippen molar-refractivity contribution >= 4 is 22.8 Å². The number of alkyl halides is 3. The van der Waals surface area contributed by atoms with Crippen LogP contribution in [-0.4, -0.2) is 40.4 Å². The number of nitrogens with one attached hydrogen (secondary N) is 2.